The summed E-state index contributed by atoms with van der Waals surface area (Å²) in [6, 6.07) is 9.99. The minimum Gasteiger partial charge on any atom is -0.459 e. The van der Waals surface area contributed by atoms with E-state index in [1.165, 1.54) is 5.56 Å². The summed E-state index contributed by atoms with van der Waals surface area (Å²) in [7, 11) is 0. The van der Waals surface area contributed by atoms with Crippen LogP contribution in [0.15, 0.2) is 30.3 Å². The lowest BCUT2D eigenvalue weighted by atomic mass is 10.0. The molecule has 19 heavy (non-hydrogen) atoms. The van der Waals surface area contributed by atoms with E-state index in [1.807, 2.05) is 45.9 Å². The molecule has 0 saturated carbocycles. The summed E-state index contributed by atoms with van der Waals surface area (Å²) >= 11 is 0. The van der Waals surface area contributed by atoms with Crippen LogP contribution in [0.5, 0.6) is 0 Å². The van der Waals surface area contributed by atoms with Gasteiger partial charge in [0.25, 0.3) is 0 Å². The number of hydrogen-bond donors (Lipinski definition) is 1. The van der Waals surface area contributed by atoms with Gasteiger partial charge in [-0.1, -0.05) is 37.3 Å². The van der Waals surface area contributed by atoms with Crippen LogP contribution < -0.4 is 5.32 Å². The first-order valence-corrected chi connectivity index (χ1v) is 6.81. The molecule has 2 atom stereocenters. The van der Waals surface area contributed by atoms with Gasteiger partial charge in [-0.3, -0.25) is 4.79 Å². The second kappa shape index (κ2) is 6.71. The van der Waals surface area contributed by atoms with Crippen LogP contribution in [-0.2, 0) is 9.53 Å². The molecule has 0 radical (unpaired) electrons. The highest BCUT2D eigenvalue weighted by atomic mass is 16.6. The molecule has 0 spiro atoms. The average Bonchev–Trinajstić information content (AvgIpc) is 2.34. The van der Waals surface area contributed by atoms with Gasteiger partial charge in [0.1, 0.15) is 11.6 Å². The molecule has 0 amide bonds. The van der Waals surface area contributed by atoms with Gasteiger partial charge in [0, 0.05) is 6.54 Å². The van der Waals surface area contributed by atoms with Crippen LogP contribution >= 0.6 is 0 Å². The fourth-order valence-corrected chi connectivity index (χ4v) is 1.73. The Hall–Kier alpha value is -1.35. The molecule has 0 aliphatic carbocycles. The number of rotatable bonds is 5. The minimum atomic E-state index is -0.432. The lowest BCUT2D eigenvalue weighted by molar-refractivity contribution is -0.156. The molecule has 0 saturated heterocycles. The third-order valence-corrected chi connectivity index (χ3v) is 2.86. The molecule has 1 aromatic carbocycles. The predicted molar refractivity (Wildman–Crippen MR) is 78.2 cm³/mol. The van der Waals surface area contributed by atoms with E-state index in [0.29, 0.717) is 5.92 Å². The van der Waals surface area contributed by atoms with Gasteiger partial charge in [-0.15, -0.1) is 0 Å². The van der Waals surface area contributed by atoms with Crippen LogP contribution in [0.1, 0.15) is 46.1 Å². The summed E-state index contributed by atoms with van der Waals surface area (Å²) in [4.78, 5) is 11.8. The fourth-order valence-electron chi connectivity index (χ4n) is 1.73. The smallest absolute Gasteiger partial charge is 0.323 e. The summed E-state index contributed by atoms with van der Waals surface area (Å²) in [6.45, 7) is 10.4. The van der Waals surface area contributed by atoms with E-state index in [9.17, 15) is 4.79 Å². The van der Waals surface area contributed by atoms with Crippen molar-refractivity contribution in [2.45, 2.75) is 52.2 Å². The maximum absolute atomic E-state index is 11.8. The van der Waals surface area contributed by atoms with Crippen molar-refractivity contribution in [3.8, 4) is 0 Å². The van der Waals surface area contributed by atoms with Crippen LogP contribution in [0.2, 0.25) is 0 Å². The monoisotopic (exact) mass is 263 g/mol. The molecule has 0 aliphatic rings. The normalized spacial score (nSPS) is 14.8. The zero-order valence-electron chi connectivity index (χ0n) is 12.6. The maximum atomic E-state index is 11.8. The van der Waals surface area contributed by atoms with E-state index >= 15 is 0 Å². The molecule has 1 aromatic rings. The van der Waals surface area contributed by atoms with Gasteiger partial charge in [-0.05, 0) is 39.2 Å². The van der Waals surface area contributed by atoms with Crippen molar-refractivity contribution in [3.63, 3.8) is 0 Å². The lowest BCUT2D eigenvalue weighted by Gasteiger charge is -2.23. The average molecular weight is 263 g/mol. The van der Waals surface area contributed by atoms with Gasteiger partial charge in [-0.25, -0.2) is 0 Å². The van der Waals surface area contributed by atoms with Gasteiger partial charge in [0.05, 0.1) is 0 Å². The van der Waals surface area contributed by atoms with Crippen LogP contribution in [-0.4, -0.2) is 24.2 Å². The largest absolute Gasteiger partial charge is 0.459 e. The minimum absolute atomic E-state index is 0.201. The summed E-state index contributed by atoms with van der Waals surface area (Å²) in [5.41, 5.74) is 0.837. The van der Waals surface area contributed by atoms with Gasteiger partial charge < -0.3 is 10.1 Å². The fraction of sp³-hybridized carbons (Fsp3) is 0.562. The van der Waals surface area contributed by atoms with Crippen LogP contribution in [0.4, 0.5) is 0 Å². The van der Waals surface area contributed by atoms with Crippen molar-refractivity contribution in [1.29, 1.82) is 0 Å². The van der Waals surface area contributed by atoms with Gasteiger partial charge in [0.2, 0.25) is 0 Å². The summed E-state index contributed by atoms with van der Waals surface area (Å²) in [6.07, 6.45) is 0. The number of nitrogens with one attached hydrogen (secondary N) is 1. The number of carbonyl (C=O) groups is 1. The molecule has 0 aromatic heterocycles. The Labute approximate surface area is 116 Å². The Kier molecular flexibility index (Phi) is 5.55. The van der Waals surface area contributed by atoms with Gasteiger partial charge in [0.15, 0.2) is 0 Å². The van der Waals surface area contributed by atoms with Crippen molar-refractivity contribution >= 4 is 5.97 Å². The first-order chi connectivity index (χ1) is 8.79. The molecule has 0 fully saturated rings. The van der Waals surface area contributed by atoms with Crippen LogP contribution in [0.25, 0.3) is 0 Å². The topological polar surface area (TPSA) is 38.3 Å². The maximum Gasteiger partial charge on any atom is 0.323 e. The van der Waals surface area contributed by atoms with E-state index in [-0.39, 0.29) is 12.0 Å². The molecule has 0 bridgehead atoms. The second-order valence-electron chi connectivity index (χ2n) is 5.98. The van der Waals surface area contributed by atoms with Gasteiger partial charge in [-0.2, -0.15) is 0 Å². The van der Waals surface area contributed by atoms with E-state index in [2.05, 4.69) is 24.4 Å². The lowest BCUT2D eigenvalue weighted by Crippen LogP contribution is -2.40. The predicted octanol–water partition coefficient (Wildman–Crippen LogP) is 3.11. The van der Waals surface area contributed by atoms with Crippen molar-refractivity contribution < 1.29 is 9.53 Å². The third kappa shape index (κ3) is 5.88. The Bertz CT molecular complexity index is 395. The third-order valence-electron chi connectivity index (χ3n) is 2.86. The zero-order chi connectivity index (χ0) is 14.5. The first kappa shape index (κ1) is 15.7. The molecule has 3 heteroatoms. The Morgan fingerprint density at radius 3 is 2.32 bits per heavy atom. The van der Waals surface area contributed by atoms with Crippen LogP contribution in [0, 0.1) is 0 Å². The van der Waals surface area contributed by atoms with Crippen molar-refractivity contribution in [3.05, 3.63) is 35.9 Å². The van der Waals surface area contributed by atoms with Crippen LogP contribution in [0.3, 0.4) is 0 Å². The summed E-state index contributed by atoms with van der Waals surface area (Å²) in [5.74, 6) is 0.166. The summed E-state index contributed by atoms with van der Waals surface area (Å²) < 4.78 is 5.34. The number of hydrogen-bond acceptors (Lipinski definition) is 3. The number of benzene rings is 1. The molecule has 1 N–H and O–H groups in total. The highest BCUT2D eigenvalue weighted by Crippen LogP contribution is 2.14. The first-order valence-electron chi connectivity index (χ1n) is 6.81. The molecule has 0 heterocycles. The van der Waals surface area contributed by atoms with E-state index in [0.717, 1.165) is 6.54 Å². The van der Waals surface area contributed by atoms with Gasteiger partial charge >= 0.3 is 5.97 Å². The molecule has 2 unspecified atom stereocenters. The quantitative estimate of drug-likeness (QED) is 0.830. The molecular weight excluding hydrogens is 238 g/mol. The van der Waals surface area contributed by atoms with Crippen molar-refractivity contribution in [1.82, 2.24) is 5.32 Å². The number of ether oxygens (including phenoxy) is 1. The van der Waals surface area contributed by atoms with E-state index in [4.69, 9.17) is 4.74 Å². The highest BCUT2D eigenvalue weighted by Gasteiger charge is 2.21. The van der Waals surface area contributed by atoms with Crippen molar-refractivity contribution in [2.24, 2.45) is 0 Å². The zero-order valence-corrected chi connectivity index (χ0v) is 12.6. The Morgan fingerprint density at radius 2 is 1.79 bits per heavy atom. The van der Waals surface area contributed by atoms with Crippen molar-refractivity contribution in [2.75, 3.05) is 6.54 Å². The SMILES string of the molecule is CC(NCC(C)c1ccccc1)C(=O)OC(C)(C)C. The number of carbonyl (C=O) groups excluding carboxylic acids is 1. The van der Waals surface area contributed by atoms with E-state index < -0.39 is 5.60 Å². The Balaban J connectivity index is 2.42. The standard InChI is InChI=1S/C16H25NO2/c1-12(14-9-7-6-8-10-14)11-17-13(2)15(18)19-16(3,4)5/h6-10,12-13,17H,11H2,1-5H3. The molecule has 3 nitrogen and oxygen atoms in total. The number of esters is 1. The Morgan fingerprint density at radius 1 is 1.21 bits per heavy atom. The molecule has 1 rings (SSSR count). The summed E-state index contributed by atoms with van der Waals surface area (Å²) in [5, 5.41) is 3.23. The molecule has 106 valence electrons. The van der Waals surface area contributed by atoms with E-state index in [1.54, 1.807) is 0 Å². The molecular formula is C16H25NO2. The highest BCUT2D eigenvalue weighted by molar-refractivity contribution is 5.75. The molecule has 0 aliphatic heterocycles. The second-order valence-corrected chi connectivity index (χ2v) is 5.98.